The first-order chi connectivity index (χ1) is 11.7. The molecule has 2 saturated heterocycles. The molecular formula is C15H23N5O3S. The van der Waals surface area contributed by atoms with Crippen molar-refractivity contribution < 1.29 is 14.3 Å². The Morgan fingerprint density at radius 3 is 2.71 bits per heavy atom. The van der Waals surface area contributed by atoms with Crippen LogP contribution >= 0.6 is 11.3 Å². The first-order valence-corrected chi connectivity index (χ1v) is 9.22. The lowest BCUT2D eigenvalue weighted by atomic mass is 10.2. The van der Waals surface area contributed by atoms with Gasteiger partial charge in [-0.2, -0.15) is 0 Å². The molecular weight excluding hydrogens is 330 g/mol. The van der Waals surface area contributed by atoms with Crippen molar-refractivity contribution in [1.29, 1.82) is 0 Å². The number of carbonyl (C=O) groups is 2. The van der Waals surface area contributed by atoms with E-state index in [0.717, 1.165) is 24.3 Å². The van der Waals surface area contributed by atoms with Gasteiger partial charge in [-0.3, -0.25) is 19.8 Å². The number of aromatic nitrogens is 2. The van der Waals surface area contributed by atoms with Gasteiger partial charge in [0.15, 0.2) is 0 Å². The fraction of sp³-hybridized carbons (Fsp3) is 0.733. The summed E-state index contributed by atoms with van der Waals surface area (Å²) in [7, 11) is 0. The number of carbonyl (C=O) groups excluding carboxylic acids is 2. The third-order valence-electron chi connectivity index (χ3n) is 4.27. The highest BCUT2D eigenvalue weighted by Crippen LogP contribution is 2.17. The summed E-state index contributed by atoms with van der Waals surface area (Å²) >= 11 is 1.40. The van der Waals surface area contributed by atoms with Crippen molar-refractivity contribution in [3.05, 3.63) is 5.01 Å². The lowest BCUT2D eigenvalue weighted by Crippen LogP contribution is -2.52. The number of aryl methyl sites for hydroxylation is 1. The zero-order valence-electron chi connectivity index (χ0n) is 13.9. The first-order valence-electron chi connectivity index (χ1n) is 8.40. The van der Waals surface area contributed by atoms with Crippen LogP contribution in [0, 0.1) is 0 Å². The third kappa shape index (κ3) is 4.28. The van der Waals surface area contributed by atoms with Gasteiger partial charge in [-0.25, -0.2) is 0 Å². The number of nitrogens with one attached hydrogen (secondary N) is 1. The quantitative estimate of drug-likeness (QED) is 0.822. The van der Waals surface area contributed by atoms with Crippen LogP contribution in [0.25, 0.3) is 0 Å². The summed E-state index contributed by atoms with van der Waals surface area (Å²) in [5, 5.41) is 12.2. The molecule has 132 valence electrons. The molecule has 0 aliphatic carbocycles. The molecule has 1 aromatic heterocycles. The summed E-state index contributed by atoms with van der Waals surface area (Å²) in [6.07, 6.45) is 2.34. The zero-order valence-corrected chi connectivity index (χ0v) is 14.7. The molecule has 3 heterocycles. The van der Waals surface area contributed by atoms with Gasteiger partial charge in [-0.1, -0.05) is 18.3 Å². The summed E-state index contributed by atoms with van der Waals surface area (Å²) in [6, 6.07) is 0. The van der Waals surface area contributed by atoms with E-state index in [-0.39, 0.29) is 17.9 Å². The van der Waals surface area contributed by atoms with Crippen LogP contribution in [0.2, 0.25) is 0 Å². The Morgan fingerprint density at radius 2 is 2.08 bits per heavy atom. The van der Waals surface area contributed by atoms with E-state index < -0.39 is 0 Å². The molecule has 0 aromatic carbocycles. The Hall–Kier alpha value is -1.58. The van der Waals surface area contributed by atoms with Crippen molar-refractivity contribution in [3.8, 4) is 0 Å². The topological polar surface area (TPSA) is 87.7 Å². The van der Waals surface area contributed by atoms with Gasteiger partial charge in [-0.05, 0) is 19.3 Å². The molecule has 0 spiro atoms. The monoisotopic (exact) mass is 353 g/mol. The number of hydrogen-bond acceptors (Lipinski definition) is 7. The summed E-state index contributed by atoms with van der Waals surface area (Å²) in [5.74, 6) is 0.00487. The minimum atomic E-state index is -0.259. The fourth-order valence-corrected chi connectivity index (χ4v) is 3.61. The Kier molecular flexibility index (Phi) is 5.75. The van der Waals surface area contributed by atoms with Crippen LogP contribution in [0.15, 0.2) is 0 Å². The zero-order chi connectivity index (χ0) is 16.9. The van der Waals surface area contributed by atoms with Crippen molar-refractivity contribution >= 4 is 28.3 Å². The number of hydrogen-bond donors (Lipinski definition) is 1. The maximum Gasteiger partial charge on any atom is 0.251 e. The predicted octanol–water partition coefficient (Wildman–Crippen LogP) is 0.362. The minimum Gasteiger partial charge on any atom is -0.368 e. The van der Waals surface area contributed by atoms with Crippen LogP contribution in [-0.4, -0.2) is 77.2 Å². The molecule has 1 atom stereocenters. The minimum absolute atomic E-state index is 0.0901. The fourth-order valence-electron chi connectivity index (χ4n) is 2.91. The molecule has 3 rings (SSSR count). The highest BCUT2D eigenvalue weighted by Gasteiger charge is 2.30. The van der Waals surface area contributed by atoms with Crippen molar-refractivity contribution in [1.82, 2.24) is 20.0 Å². The first kappa shape index (κ1) is 17.2. The van der Waals surface area contributed by atoms with Crippen molar-refractivity contribution in [2.75, 3.05) is 44.6 Å². The smallest absolute Gasteiger partial charge is 0.251 e. The number of amides is 2. The number of rotatable bonds is 5. The second-order valence-corrected chi connectivity index (χ2v) is 7.07. The standard InChI is InChI=1S/C15H23N5O3S/c1-2-13-17-18-15(24-13)16-12(21)10-19-5-7-20(8-6-19)14(22)11-4-3-9-23-11/h11H,2-10H2,1H3,(H,16,18,21). The molecule has 2 amide bonds. The van der Waals surface area contributed by atoms with Gasteiger partial charge in [0.1, 0.15) is 11.1 Å². The van der Waals surface area contributed by atoms with Crippen LogP contribution in [-0.2, 0) is 20.7 Å². The molecule has 1 unspecified atom stereocenters. The van der Waals surface area contributed by atoms with E-state index in [1.807, 2.05) is 11.8 Å². The summed E-state index contributed by atoms with van der Waals surface area (Å²) < 4.78 is 5.46. The summed E-state index contributed by atoms with van der Waals surface area (Å²) in [6.45, 7) is 5.67. The summed E-state index contributed by atoms with van der Waals surface area (Å²) in [4.78, 5) is 28.3. The van der Waals surface area contributed by atoms with E-state index in [9.17, 15) is 9.59 Å². The molecule has 2 aliphatic rings. The van der Waals surface area contributed by atoms with Crippen molar-refractivity contribution in [3.63, 3.8) is 0 Å². The highest BCUT2D eigenvalue weighted by atomic mass is 32.1. The van der Waals surface area contributed by atoms with E-state index >= 15 is 0 Å². The molecule has 0 saturated carbocycles. The average Bonchev–Trinajstić information content (AvgIpc) is 3.26. The van der Waals surface area contributed by atoms with Gasteiger partial charge in [-0.15, -0.1) is 10.2 Å². The largest absolute Gasteiger partial charge is 0.368 e. The third-order valence-corrected chi connectivity index (χ3v) is 5.25. The van der Waals surface area contributed by atoms with E-state index in [0.29, 0.717) is 44.5 Å². The van der Waals surface area contributed by atoms with Gasteiger partial charge in [0.2, 0.25) is 11.0 Å². The van der Waals surface area contributed by atoms with Crippen molar-refractivity contribution in [2.45, 2.75) is 32.3 Å². The normalized spacial score (nSPS) is 21.9. The van der Waals surface area contributed by atoms with Crippen LogP contribution in [0.5, 0.6) is 0 Å². The van der Waals surface area contributed by atoms with Gasteiger partial charge in [0, 0.05) is 32.8 Å². The lowest BCUT2D eigenvalue weighted by Gasteiger charge is -2.35. The molecule has 0 radical (unpaired) electrons. The summed E-state index contributed by atoms with van der Waals surface area (Å²) in [5.41, 5.74) is 0. The number of anilines is 1. The Morgan fingerprint density at radius 1 is 1.29 bits per heavy atom. The second kappa shape index (κ2) is 8.00. The Labute approximate surface area is 145 Å². The van der Waals surface area contributed by atoms with Crippen molar-refractivity contribution in [2.24, 2.45) is 0 Å². The Bertz CT molecular complexity index is 579. The highest BCUT2D eigenvalue weighted by molar-refractivity contribution is 7.15. The van der Waals surface area contributed by atoms with Crippen LogP contribution in [0.3, 0.4) is 0 Å². The van der Waals surface area contributed by atoms with Crippen LogP contribution in [0.4, 0.5) is 5.13 Å². The van der Waals surface area contributed by atoms with Gasteiger partial charge in [0.05, 0.1) is 6.54 Å². The van der Waals surface area contributed by atoms with Gasteiger partial charge < -0.3 is 9.64 Å². The van der Waals surface area contributed by atoms with E-state index in [2.05, 4.69) is 20.4 Å². The lowest BCUT2D eigenvalue weighted by molar-refractivity contribution is -0.142. The molecule has 0 bridgehead atoms. The average molecular weight is 353 g/mol. The molecule has 1 N–H and O–H groups in total. The number of ether oxygens (including phenoxy) is 1. The molecule has 2 aliphatic heterocycles. The Balaban J connectivity index is 1.41. The predicted molar refractivity (Wildman–Crippen MR) is 89.9 cm³/mol. The second-order valence-electron chi connectivity index (χ2n) is 6.01. The maximum atomic E-state index is 12.3. The van der Waals surface area contributed by atoms with Gasteiger partial charge in [0.25, 0.3) is 5.91 Å². The SMILES string of the molecule is CCc1nnc(NC(=O)CN2CCN(C(=O)C3CCCO3)CC2)s1. The van der Waals surface area contributed by atoms with E-state index in [1.54, 1.807) is 0 Å². The van der Waals surface area contributed by atoms with Crippen LogP contribution < -0.4 is 5.32 Å². The molecule has 1 aromatic rings. The van der Waals surface area contributed by atoms with Crippen LogP contribution in [0.1, 0.15) is 24.8 Å². The maximum absolute atomic E-state index is 12.3. The molecule has 24 heavy (non-hydrogen) atoms. The van der Waals surface area contributed by atoms with E-state index in [1.165, 1.54) is 11.3 Å². The number of piperazine rings is 1. The molecule has 9 heteroatoms. The molecule has 2 fully saturated rings. The van der Waals surface area contributed by atoms with E-state index in [4.69, 9.17) is 4.74 Å². The molecule has 8 nitrogen and oxygen atoms in total. The van der Waals surface area contributed by atoms with Gasteiger partial charge >= 0.3 is 0 Å². The number of nitrogens with zero attached hydrogens (tertiary/aromatic N) is 4.